The van der Waals surface area contributed by atoms with E-state index in [-0.39, 0.29) is 0 Å². The largest absolute Gasteiger partial charge is 0.490 e. The number of ether oxygens (including phenoxy) is 2. The number of aryl methyl sites for hydroxylation is 2. The molecule has 0 spiro atoms. The fourth-order valence-electron chi connectivity index (χ4n) is 2.87. The highest BCUT2D eigenvalue weighted by Crippen LogP contribution is 2.30. The summed E-state index contributed by atoms with van der Waals surface area (Å²) in [7, 11) is 0. The Morgan fingerprint density at radius 2 is 1.96 bits per heavy atom. The average Bonchev–Trinajstić information content (AvgIpc) is 3.08. The molecule has 0 fully saturated rings. The molecule has 0 saturated heterocycles. The number of imidazole rings is 1. The highest BCUT2D eigenvalue weighted by atomic mass is 16.5. The lowest BCUT2D eigenvalue weighted by molar-refractivity contribution is 0.297. The Bertz CT molecular complexity index is 1050. The Balaban J connectivity index is 1.99. The zero-order valence-electron chi connectivity index (χ0n) is 16.4. The number of nitriles is 1. The molecule has 0 radical (unpaired) electrons. The standard InChI is InChI=1S/C23H23N3O2/c1-5-9-28-21-8-7-17(13-22(21)27-6-2)12-18(14-24)23-25-19-10-15(3)16(4)11-20(19)26-23/h5,7-8,10-13H,1,6,9H2,2-4H3,(H,25,26). The number of nitrogens with zero attached hydrogens (tertiary/aromatic N) is 2. The van der Waals surface area contributed by atoms with Gasteiger partial charge in [0.2, 0.25) is 0 Å². The van der Waals surface area contributed by atoms with Crippen molar-refractivity contribution in [2.75, 3.05) is 13.2 Å². The molecule has 5 nitrogen and oxygen atoms in total. The molecule has 0 saturated carbocycles. The van der Waals surface area contributed by atoms with Gasteiger partial charge in [0.15, 0.2) is 11.5 Å². The van der Waals surface area contributed by atoms with Crippen LogP contribution in [0.2, 0.25) is 0 Å². The van der Waals surface area contributed by atoms with E-state index in [4.69, 9.17) is 9.47 Å². The number of aromatic nitrogens is 2. The Labute approximate surface area is 164 Å². The third-order valence-corrected chi connectivity index (χ3v) is 4.41. The normalized spacial score (nSPS) is 11.3. The van der Waals surface area contributed by atoms with E-state index in [2.05, 4.69) is 42.5 Å². The van der Waals surface area contributed by atoms with Crippen molar-refractivity contribution >= 4 is 22.7 Å². The third kappa shape index (κ3) is 4.07. The molecule has 0 amide bonds. The van der Waals surface area contributed by atoms with Crippen LogP contribution in [-0.2, 0) is 0 Å². The summed E-state index contributed by atoms with van der Waals surface area (Å²) < 4.78 is 11.3. The summed E-state index contributed by atoms with van der Waals surface area (Å²) in [5.74, 6) is 1.82. The van der Waals surface area contributed by atoms with E-state index in [1.54, 1.807) is 12.2 Å². The van der Waals surface area contributed by atoms with Crippen molar-refractivity contribution in [2.24, 2.45) is 0 Å². The first-order valence-electron chi connectivity index (χ1n) is 9.15. The molecule has 28 heavy (non-hydrogen) atoms. The van der Waals surface area contributed by atoms with E-state index in [1.165, 1.54) is 11.1 Å². The molecule has 0 aliphatic heterocycles. The first-order chi connectivity index (χ1) is 13.5. The molecular weight excluding hydrogens is 350 g/mol. The van der Waals surface area contributed by atoms with Gasteiger partial charge in [0, 0.05) is 0 Å². The maximum Gasteiger partial charge on any atom is 0.161 e. The van der Waals surface area contributed by atoms with Gasteiger partial charge in [0.25, 0.3) is 0 Å². The Morgan fingerprint density at radius 3 is 2.68 bits per heavy atom. The first-order valence-corrected chi connectivity index (χ1v) is 9.15. The molecule has 1 aromatic heterocycles. The van der Waals surface area contributed by atoms with Crippen LogP contribution in [0.25, 0.3) is 22.7 Å². The molecule has 0 aliphatic carbocycles. The predicted molar refractivity (Wildman–Crippen MR) is 112 cm³/mol. The van der Waals surface area contributed by atoms with Crippen LogP contribution in [0.3, 0.4) is 0 Å². The highest BCUT2D eigenvalue weighted by Gasteiger charge is 2.11. The second kappa shape index (κ2) is 8.45. The molecule has 5 heteroatoms. The Hall–Kier alpha value is -3.52. The predicted octanol–water partition coefficient (Wildman–Crippen LogP) is 5.21. The quantitative estimate of drug-likeness (QED) is 0.456. The van der Waals surface area contributed by atoms with Crippen LogP contribution in [0.1, 0.15) is 29.4 Å². The molecule has 0 aliphatic rings. The second-order valence-corrected chi connectivity index (χ2v) is 6.45. The number of aromatic amines is 1. The average molecular weight is 373 g/mol. The minimum absolute atomic E-state index is 0.399. The fourth-order valence-corrected chi connectivity index (χ4v) is 2.87. The Kier molecular flexibility index (Phi) is 5.81. The fraction of sp³-hybridized carbons (Fsp3) is 0.217. The summed E-state index contributed by atoms with van der Waals surface area (Å²) in [6.45, 7) is 10.6. The van der Waals surface area contributed by atoms with Gasteiger partial charge in [-0.2, -0.15) is 5.26 Å². The van der Waals surface area contributed by atoms with Crippen LogP contribution in [0, 0.1) is 25.2 Å². The minimum Gasteiger partial charge on any atom is -0.490 e. The lowest BCUT2D eigenvalue weighted by Gasteiger charge is -2.11. The van der Waals surface area contributed by atoms with Gasteiger partial charge in [-0.15, -0.1) is 0 Å². The number of H-pyrrole nitrogens is 1. The lowest BCUT2D eigenvalue weighted by Crippen LogP contribution is -1.99. The first kappa shape index (κ1) is 19.2. The van der Waals surface area contributed by atoms with Crippen molar-refractivity contribution in [3.05, 3.63) is 65.5 Å². The van der Waals surface area contributed by atoms with Gasteiger partial charge in [0.05, 0.1) is 23.2 Å². The maximum absolute atomic E-state index is 9.67. The van der Waals surface area contributed by atoms with Crippen molar-refractivity contribution in [2.45, 2.75) is 20.8 Å². The van der Waals surface area contributed by atoms with Crippen molar-refractivity contribution in [1.29, 1.82) is 5.26 Å². The van der Waals surface area contributed by atoms with Crippen molar-refractivity contribution < 1.29 is 9.47 Å². The molecular formula is C23H23N3O2. The highest BCUT2D eigenvalue weighted by molar-refractivity contribution is 5.90. The smallest absolute Gasteiger partial charge is 0.161 e. The van der Waals surface area contributed by atoms with Crippen molar-refractivity contribution in [3.8, 4) is 17.6 Å². The van der Waals surface area contributed by atoms with Gasteiger partial charge in [-0.1, -0.05) is 18.7 Å². The van der Waals surface area contributed by atoms with Crippen molar-refractivity contribution in [1.82, 2.24) is 9.97 Å². The molecule has 2 aromatic carbocycles. The summed E-state index contributed by atoms with van der Waals surface area (Å²) in [5, 5.41) is 9.67. The molecule has 0 bridgehead atoms. The van der Waals surface area contributed by atoms with Gasteiger partial charge >= 0.3 is 0 Å². The van der Waals surface area contributed by atoms with E-state index < -0.39 is 0 Å². The molecule has 3 rings (SSSR count). The number of fused-ring (bicyclic) bond motifs is 1. The van der Waals surface area contributed by atoms with Crippen molar-refractivity contribution in [3.63, 3.8) is 0 Å². The van der Waals surface area contributed by atoms with Crippen LogP contribution >= 0.6 is 0 Å². The van der Waals surface area contributed by atoms with E-state index in [0.29, 0.717) is 36.1 Å². The zero-order valence-corrected chi connectivity index (χ0v) is 16.4. The van der Waals surface area contributed by atoms with Crippen LogP contribution < -0.4 is 9.47 Å². The van der Waals surface area contributed by atoms with E-state index in [9.17, 15) is 5.26 Å². The van der Waals surface area contributed by atoms with E-state index >= 15 is 0 Å². The van der Waals surface area contributed by atoms with E-state index in [0.717, 1.165) is 16.6 Å². The van der Waals surface area contributed by atoms with Crippen LogP contribution in [0.15, 0.2) is 43.0 Å². The SMILES string of the molecule is C=CCOc1ccc(C=C(C#N)c2nc3cc(C)c(C)cc3[nH]2)cc1OCC. The maximum atomic E-state index is 9.67. The summed E-state index contributed by atoms with van der Waals surface area (Å²) >= 11 is 0. The molecule has 1 N–H and O–H groups in total. The number of hydrogen-bond acceptors (Lipinski definition) is 4. The summed E-state index contributed by atoms with van der Waals surface area (Å²) in [5.41, 5.74) is 5.41. The van der Waals surface area contributed by atoms with Crippen LogP contribution in [0.5, 0.6) is 11.5 Å². The molecule has 0 atom stereocenters. The molecule has 142 valence electrons. The Morgan fingerprint density at radius 1 is 1.18 bits per heavy atom. The topological polar surface area (TPSA) is 70.9 Å². The number of allylic oxidation sites excluding steroid dienone is 1. The van der Waals surface area contributed by atoms with Crippen LogP contribution in [0.4, 0.5) is 0 Å². The number of rotatable bonds is 7. The third-order valence-electron chi connectivity index (χ3n) is 4.41. The minimum atomic E-state index is 0.399. The number of nitrogens with one attached hydrogen (secondary N) is 1. The lowest BCUT2D eigenvalue weighted by atomic mass is 10.1. The molecule has 0 unspecified atom stereocenters. The monoisotopic (exact) mass is 373 g/mol. The summed E-state index contributed by atoms with van der Waals surface area (Å²) in [6, 6.07) is 11.9. The zero-order chi connectivity index (χ0) is 20.1. The van der Waals surface area contributed by atoms with Gasteiger partial charge in [0.1, 0.15) is 18.5 Å². The molecule has 1 heterocycles. The molecule has 3 aromatic rings. The van der Waals surface area contributed by atoms with Gasteiger partial charge in [-0.05, 0) is 67.8 Å². The summed E-state index contributed by atoms with van der Waals surface area (Å²) in [4.78, 5) is 7.83. The van der Waals surface area contributed by atoms with Gasteiger partial charge < -0.3 is 14.5 Å². The second-order valence-electron chi connectivity index (χ2n) is 6.45. The van der Waals surface area contributed by atoms with E-state index in [1.807, 2.05) is 31.2 Å². The summed E-state index contributed by atoms with van der Waals surface area (Å²) in [6.07, 6.45) is 3.47. The number of benzene rings is 2. The number of hydrogen-bond donors (Lipinski definition) is 1. The van der Waals surface area contributed by atoms with Crippen LogP contribution in [-0.4, -0.2) is 23.2 Å². The van der Waals surface area contributed by atoms with Gasteiger partial charge in [-0.3, -0.25) is 0 Å². The van der Waals surface area contributed by atoms with Gasteiger partial charge in [-0.25, -0.2) is 4.98 Å².